The lowest BCUT2D eigenvalue weighted by molar-refractivity contribution is -0.114. The molecule has 1 aromatic carbocycles. The van der Waals surface area contributed by atoms with Crippen molar-refractivity contribution in [2.24, 2.45) is 0 Å². The highest BCUT2D eigenvalue weighted by molar-refractivity contribution is 5.98. The Kier molecular flexibility index (Phi) is 5.44. The Balaban J connectivity index is 2.31. The van der Waals surface area contributed by atoms with Crippen LogP contribution in [0.5, 0.6) is 5.75 Å². The molecule has 0 radical (unpaired) electrons. The van der Waals surface area contributed by atoms with Gasteiger partial charge in [0.1, 0.15) is 0 Å². The Morgan fingerprint density at radius 3 is 2.70 bits per heavy atom. The zero-order chi connectivity index (χ0) is 19.7. The van der Waals surface area contributed by atoms with Crippen molar-refractivity contribution in [3.63, 3.8) is 0 Å². The summed E-state index contributed by atoms with van der Waals surface area (Å²) in [6, 6.07) is 4.39. The molecule has 1 aromatic heterocycles. The van der Waals surface area contributed by atoms with Gasteiger partial charge in [0.05, 0.1) is 5.52 Å². The third-order valence-electron chi connectivity index (χ3n) is 5.25. The third kappa shape index (κ3) is 3.53. The van der Waals surface area contributed by atoms with E-state index in [0.717, 1.165) is 43.4 Å². The number of rotatable bonds is 5. The summed E-state index contributed by atoms with van der Waals surface area (Å²) in [5.41, 5.74) is 2.66. The van der Waals surface area contributed by atoms with E-state index in [0.29, 0.717) is 18.0 Å². The number of hydrogen-bond donors (Lipinski definition) is 2. The summed E-state index contributed by atoms with van der Waals surface area (Å²) in [5, 5.41) is 13.9. The van der Waals surface area contributed by atoms with E-state index in [1.807, 2.05) is 12.1 Å². The highest BCUT2D eigenvalue weighted by Gasteiger charge is 2.24. The van der Waals surface area contributed by atoms with E-state index >= 15 is 0 Å². The van der Waals surface area contributed by atoms with Crippen LogP contribution in [0.2, 0.25) is 0 Å². The van der Waals surface area contributed by atoms with Crippen LogP contribution in [0.4, 0.5) is 11.4 Å². The molecule has 1 aliphatic rings. The van der Waals surface area contributed by atoms with Gasteiger partial charge in [-0.25, -0.2) is 0 Å². The number of nitrogens with zero attached hydrogens (tertiary/aromatic N) is 2. The number of aromatic hydroxyl groups is 1. The SMILES string of the molecule is CCCCn1c(=O)c(NC(C)=O)c(O)c2cc3c(cc21)N(C(C)C)CCC3. The second-order valence-corrected chi connectivity index (χ2v) is 7.60. The van der Waals surface area contributed by atoms with Gasteiger partial charge in [0, 0.05) is 37.1 Å². The first-order chi connectivity index (χ1) is 12.8. The minimum atomic E-state index is -0.368. The van der Waals surface area contributed by atoms with Crippen LogP contribution in [-0.4, -0.2) is 28.2 Å². The molecule has 27 heavy (non-hydrogen) atoms. The Hall–Kier alpha value is -2.50. The molecule has 6 heteroatoms. The van der Waals surface area contributed by atoms with Gasteiger partial charge >= 0.3 is 0 Å². The molecular weight excluding hydrogens is 342 g/mol. The number of carbonyl (C=O) groups excluding carboxylic acids is 1. The minimum absolute atomic E-state index is 0.0254. The predicted octanol–water partition coefficient (Wildman–Crippen LogP) is 3.63. The Labute approximate surface area is 159 Å². The van der Waals surface area contributed by atoms with E-state index in [4.69, 9.17) is 0 Å². The first kappa shape index (κ1) is 19.3. The van der Waals surface area contributed by atoms with Crippen molar-refractivity contribution in [1.29, 1.82) is 0 Å². The second kappa shape index (κ2) is 7.62. The molecule has 1 aliphatic heterocycles. The van der Waals surface area contributed by atoms with Crippen LogP contribution < -0.4 is 15.8 Å². The average Bonchev–Trinajstić information content (AvgIpc) is 2.63. The van der Waals surface area contributed by atoms with Crippen molar-refractivity contribution >= 4 is 28.2 Å². The van der Waals surface area contributed by atoms with E-state index in [2.05, 4.69) is 31.0 Å². The summed E-state index contributed by atoms with van der Waals surface area (Å²) in [7, 11) is 0. The molecule has 3 rings (SSSR count). The standard InChI is InChI=1S/C21H29N3O3/c1-5-6-9-24-18-12-17-15(8-7-10-23(17)13(2)3)11-16(18)20(26)19(21(24)27)22-14(4)25/h11-13,26H,5-10H2,1-4H3,(H,22,25). The van der Waals surface area contributed by atoms with Crippen LogP contribution in [0.3, 0.4) is 0 Å². The zero-order valence-electron chi connectivity index (χ0n) is 16.6. The fraction of sp³-hybridized carbons (Fsp3) is 0.524. The summed E-state index contributed by atoms with van der Waals surface area (Å²) < 4.78 is 1.69. The molecule has 0 fully saturated rings. The smallest absolute Gasteiger partial charge is 0.278 e. The molecule has 2 aromatic rings. The molecule has 2 heterocycles. The lowest BCUT2D eigenvalue weighted by Gasteiger charge is -2.35. The Morgan fingerprint density at radius 2 is 2.07 bits per heavy atom. The van der Waals surface area contributed by atoms with Crippen LogP contribution >= 0.6 is 0 Å². The largest absolute Gasteiger partial charge is 0.505 e. The summed E-state index contributed by atoms with van der Waals surface area (Å²) in [5.74, 6) is -0.504. The number of fused-ring (bicyclic) bond motifs is 2. The van der Waals surface area contributed by atoms with Crippen LogP contribution in [0.25, 0.3) is 10.9 Å². The third-order valence-corrected chi connectivity index (χ3v) is 5.25. The first-order valence-electron chi connectivity index (χ1n) is 9.81. The van der Waals surface area contributed by atoms with Crippen LogP contribution in [0, 0.1) is 0 Å². The predicted molar refractivity (Wildman–Crippen MR) is 110 cm³/mol. The van der Waals surface area contributed by atoms with Gasteiger partial charge in [0.15, 0.2) is 11.4 Å². The van der Waals surface area contributed by atoms with E-state index < -0.39 is 0 Å². The number of nitrogens with one attached hydrogen (secondary N) is 1. The van der Waals surface area contributed by atoms with Gasteiger partial charge in [-0.3, -0.25) is 9.59 Å². The molecule has 0 unspecified atom stereocenters. The highest BCUT2D eigenvalue weighted by atomic mass is 16.3. The van der Waals surface area contributed by atoms with E-state index in [-0.39, 0.29) is 22.9 Å². The van der Waals surface area contributed by atoms with Gasteiger partial charge < -0.3 is 19.9 Å². The molecule has 1 amide bonds. The quantitative estimate of drug-likeness (QED) is 0.842. The molecular formula is C21H29N3O3. The fourth-order valence-corrected chi connectivity index (χ4v) is 3.91. The molecule has 0 bridgehead atoms. The number of benzene rings is 1. The van der Waals surface area contributed by atoms with E-state index in [1.54, 1.807) is 4.57 Å². The van der Waals surface area contributed by atoms with Crippen LogP contribution in [-0.2, 0) is 17.8 Å². The number of anilines is 2. The van der Waals surface area contributed by atoms with Gasteiger partial charge in [-0.1, -0.05) is 13.3 Å². The zero-order valence-corrected chi connectivity index (χ0v) is 16.6. The van der Waals surface area contributed by atoms with Gasteiger partial charge in [0.25, 0.3) is 5.56 Å². The van der Waals surface area contributed by atoms with Crippen molar-refractivity contribution in [1.82, 2.24) is 4.57 Å². The Bertz CT molecular complexity index is 931. The topological polar surface area (TPSA) is 74.6 Å². The lowest BCUT2D eigenvalue weighted by Crippen LogP contribution is -2.35. The number of aromatic nitrogens is 1. The van der Waals surface area contributed by atoms with Crippen molar-refractivity contribution in [3.8, 4) is 5.75 Å². The Morgan fingerprint density at radius 1 is 1.33 bits per heavy atom. The summed E-state index contributed by atoms with van der Waals surface area (Å²) in [6.07, 6.45) is 3.81. The van der Waals surface area contributed by atoms with Crippen LogP contribution in [0.15, 0.2) is 16.9 Å². The average molecular weight is 371 g/mol. The van der Waals surface area contributed by atoms with Crippen molar-refractivity contribution in [2.45, 2.75) is 66.0 Å². The van der Waals surface area contributed by atoms with E-state index in [1.165, 1.54) is 12.5 Å². The maximum Gasteiger partial charge on any atom is 0.278 e. The molecule has 2 N–H and O–H groups in total. The number of carbonyl (C=O) groups is 1. The number of amides is 1. The molecule has 0 saturated heterocycles. The van der Waals surface area contributed by atoms with Gasteiger partial charge in [0.2, 0.25) is 5.91 Å². The minimum Gasteiger partial charge on any atom is -0.505 e. The number of unbranched alkanes of at least 4 members (excludes halogenated alkanes) is 1. The normalized spacial score (nSPS) is 13.9. The molecule has 0 saturated carbocycles. The van der Waals surface area contributed by atoms with Crippen molar-refractivity contribution in [3.05, 3.63) is 28.0 Å². The van der Waals surface area contributed by atoms with E-state index in [9.17, 15) is 14.7 Å². The molecule has 0 spiro atoms. The van der Waals surface area contributed by atoms with Crippen LogP contribution in [0.1, 0.15) is 52.5 Å². The second-order valence-electron chi connectivity index (χ2n) is 7.60. The molecule has 6 nitrogen and oxygen atoms in total. The lowest BCUT2D eigenvalue weighted by atomic mass is 9.97. The van der Waals surface area contributed by atoms with Crippen molar-refractivity contribution < 1.29 is 9.90 Å². The molecule has 0 aliphatic carbocycles. The maximum atomic E-state index is 13.0. The molecule has 146 valence electrons. The fourth-order valence-electron chi connectivity index (χ4n) is 3.91. The van der Waals surface area contributed by atoms with Gasteiger partial charge in [-0.05, 0) is 50.8 Å². The first-order valence-corrected chi connectivity index (χ1v) is 9.81. The van der Waals surface area contributed by atoms with Gasteiger partial charge in [-0.2, -0.15) is 0 Å². The molecule has 0 atom stereocenters. The summed E-state index contributed by atoms with van der Waals surface area (Å²) >= 11 is 0. The van der Waals surface area contributed by atoms with Crippen molar-refractivity contribution in [2.75, 3.05) is 16.8 Å². The number of aryl methyl sites for hydroxylation is 2. The monoisotopic (exact) mass is 371 g/mol. The highest BCUT2D eigenvalue weighted by Crippen LogP contribution is 2.37. The number of pyridine rings is 1. The van der Waals surface area contributed by atoms with Gasteiger partial charge in [-0.15, -0.1) is 0 Å². The summed E-state index contributed by atoms with van der Waals surface area (Å²) in [4.78, 5) is 26.9. The number of hydrogen-bond acceptors (Lipinski definition) is 4. The maximum absolute atomic E-state index is 13.0. The summed E-state index contributed by atoms with van der Waals surface area (Å²) in [6.45, 7) is 9.30.